The molecule has 4 nitrogen and oxygen atoms in total. The second kappa shape index (κ2) is 5.04. The maximum absolute atomic E-state index is 10.1. The first-order valence-corrected chi connectivity index (χ1v) is 5.88. The van der Waals surface area contributed by atoms with Gasteiger partial charge in [0.1, 0.15) is 6.10 Å². The molecule has 0 aliphatic rings. The minimum atomic E-state index is -0.889. The molecule has 90 valence electrons. The largest absolute Gasteiger partial charge is 0.382 e. The summed E-state index contributed by atoms with van der Waals surface area (Å²) in [4.78, 5) is 4.04. The lowest BCUT2D eigenvalue weighted by atomic mass is 10.1. The molecule has 2 aromatic rings. The number of aliphatic hydroxyl groups is 1. The van der Waals surface area contributed by atoms with Gasteiger partial charge in [0.2, 0.25) is 0 Å². The van der Waals surface area contributed by atoms with Crippen molar-refractivity contribution in [3.8, 4) is 0 Å². The molecule has 0 aromatic carbocycles. The minimum absolute atomic E-state index is 0.342. The van der Waals surface area contributed by atoms with E-state index in [4.69, 9.17) is 23.2 Å². The predicted octanol–water partition coefficient (Wildman–Crippen LogP) is 2.69. The monoisotopic (exact) mass is 271 g/mol. The summed E-state index contributed by atoms with van der Waals surface area (Å²) in [7, 11) is 0. The van der Waals surface area contributed by atoms with E-state index in [0.717, 1.165) is 6.54 Å². The van der Waals surface area contributed by atoms with Gasteiger partial charge in [0.05, 0.1) is 21.9 Å². The van der Waals surface area contributed by atoms with Crippen molar-refractivity contribution in [1.82, 2.24) is 14.8 Å². The Morgan fingerprint density at radius 1 is 1.41 bits per heavy atom. The van der Waals surface area contributed by atoms with Crippen molar-refractivity contribution in [2.75, 3.05) is 0 Å². The maximum Gasteiger partial charge on any atom is 0.125 e. The molecule has 2 rings (SSSR count). The normalized spacial score (nSPS) is 12.7. The molecule has 6 heteroatoms. The van der Waals surface area contributed by atoms with E-state index in [1.54, 1.807) is 23.1 Å². The van der Waals surface area contributed by atoms with E-state index in [1.807, 2.05) is 6.92 Å². The Bertz CT molecular complexity index is 527. The molecule has 0 aliphatic heterocycles. The van der Waals surface area contributed by atoms with Crippen LogP contribution < -0.4 is 0 Å². The van der Waals surface area contributed by atoms with Crippen molar-refractivity contribution in [1.29, 1.82) is 0 Å². The van der Waals surface area contributed by atoms with Gasteiger partial charge < -0.3 is 5.11 Å². The van der Waals surface area contributed by atoms with Gasteiger partial charge in [-0.1, -0.05) is 23.2 Å². The number of rotatable bonds is 3. The lowest BCUT2D eigenvalue weighted by Gasteiger charge is -2.09. The molecule has 0 spiro atoms. The van der Waals surface area contributed by atoms with E-state index in [2.05, 4.69) is 10.1 Å². The summed E-state index contributed by atoms with van der Waals surface area (Å²) < 4.78 is 1.72. The average molecular weight is 272 g/mol. The van der Waals surface area contributed by atoms with E-state index in [9.17, 15) is 5.11 Å². The number of hydrogen-bond donors (Lipinski definition) is 1. The van der Waals surface area contributed by atoms with Crippen LogP contribution in [-0.2, 0) is 6.54 Å². The molecule has 2 aromatic heterocycles. The van der Waals surface area contributed by atoms with Crippen molar-refractivity contribution in [2.24, 2.45) is 0 Å². The Morgan fingerprint density at radius 3 is 2.76 bits per heavy atom. The highest BCUT2D eigenvalue weighted by atomic mass is 35.5. The van der Waals surface area contributed by atoms with Gasteiger partial charge in [-0.05, 0) is 13.0 Å². The van der Waals surface area contributed by atoms with E-state index in [-0.39, 0.29) is 0 Å². The van der Waals surface area contributed by atoms with Gasteiger partial charge in [0.25, 0.3) is 0 Å². The lowest BCUT2D eigenvalue weighted by Crippen LogP contribution is -2.02. The quantitative estimate of drug-likeness (QED) is 0.934. The van der Waals surface area contributed by atoms with Gasteiger partial charge in [-0.2, -0.15) is 5.10 Å². The van der Waals surface area contributed by atoms with Crippen molar-refractivity contribution in [2.45, 2.75) is 19.6 Å². The molecule has 1 unspecified atom stereocenters. The third kappa shape index (κ3) is 2.60. The van der Waals surface area contributed by atoms with E-state index >= 15 is 0 Å². The topological polar surface area (TPSA) is 50.9 Å². The highest BCUT2D eigenvalue weighted by molar-refractivity contribution is 6.34. The number of hydrogen-bond acceptors (Lipinski definition) is 3. The zero-order valence-corrected chi connectivity index (χ0v) is 10.7. The number of halogens is 2. The summed E-state index contributed by atoms with van der Waals surface area (Å²) in [5.41, 5.74) is 1.04. The number of aliphatic hydroxyl groups excluding tert-OH is 1. The Hall–Kier alpha value is -1.10. The zero-order chi connectivity index (χ0) is 12.4. The fourth-order valence-electron chi connectivity index (χ4n) is 1.48. The highest BCUT2D eigenvalue weighted by Gasteiger charge is 2.17. The molecule has 1 N–H and O–H groups in total. The molecule has 0 aliphatic carbocycles. The van der Waals surface area contributed by atoms with Crippen LogP contribution in [0, 0.1) is 0 Å². The zero-order valence-electron chi connectivity index (χ0n) is 9.14. The lowest BCUT2D eigenvalue weighted by molar-refractivity contribution is 0.215. The third-order valence-corrected chi connectivity index (χ3v) is 2.90. The first kappa shape index (κ1) is 12.4. The van der Waals surface area contributed by atoms with Gasteiger partial charge >= 0.3 is 0 Å². The van der Waals surface area contributed by atoms with Crippen LogP contribution in [0.3, 0.4) is 0 Å². The third-order valence-electron chi connectivity index (χ3n) is 2.39. The van der Waals surface area contributed by atoms with Crippen LogP contribution in [0.2, 0.25) is 10.0 Å². The second-order valence-electron chi connectivity index (χ2n) is 3.55. The van der Waals surface area contributed by atoms with Gasteiger partial charge in [-0.25, -0.2) is 0 Å². The summed E-state index contributed by atoms with van der Waals surface area (Å²) >= 11 is 11.7. The fourth-order valence-corrected chi connectivity index (χ4v) is 1.96. The van der Waals surface area contributed by atoms with Crippen molar-refractivity contribution in [3.05, 3.63) is 46.0 Å². The SMILES string of the molecule is CCn1cc(C(O)c2ncc(Cl)cc2Cl)cn1. The van der Waals surface area contributed by atoms with Crippen LogP contribution in [0.25, 0.3) is 0 Å². The Morgan fingerprint density at radius 2 is 2.18 bits per heavy atom. The van der Waals surface area contributed by atoms with Gasteiger partial charge in [-0.15, -0.1) is 0 Å². The smallest absolute Gasteiger partial charge is 0.125 e. The van der Waals surface area contributed by atoms with E-state index in [0.29, 0.717) is 21.3 Å². The standard InChI is InChI=1S/C11H11Cl2N3O/c1-2-16-6-7(4-15-16)11(17)10-9(13)3-8(12)5-14-10/h3-6,11,17H,2H2,1H3. The Kier molecular flexibility index (Phi) is 3.66. The maximum atomic E-state index is 10.1. The summed E-state index contributed by atoms with van der Waals surface area (Å²) in [5, 5.41) is 15.0. The van der Waals surface area contributed by atoms with Crippen LogP contribution in [0.5, 0.6) is 0 Å². The van der Waals surface area contributed by atoms with Crippen LogP contribution in [-0.4, -0.2) is 19.9 Å². The molecule has 0 bridgehead atoms. The van der Waals surface area contributed by atoms with Crippen LogP contribution in [0.1, 0.15) is 24.3 Å². The molecule has 0 amide bonds. The molecule has 0 radical (unpaired) electrons. The molecule has 2 heterocycles. The molecular formula is C11H11Cl2N3O. The van der Waals surface area contributed by atoms with Gasteiger partial charge in [0.15, 0.2) is 0 Å². The summed E-state index contributed by atoms with van der Waals surface area (Å²) in [6.45, 7) is 2.71. The van der Waals surface area contributed by atoms with Crippen molar-refractivity contribution >= 4 is 23.2 Å². The molecular weight excluding hydrogens is 261 g/mol. The minimum Gasteiger partial charge on any atom is -0.382 e. The molecule has 1 atom stereocenters. The predicted molar refractivity (Wildman–Crippen MR) is 66.2 cm³/mol. The first-order valence-electron chi connectivity index (χ1n) is 5.13. The Labute approximate surface area is 109 Å². The molecule has 0 saturated heterocycles. The fraction of sp³-hybridized carbons (Fsp3) is 0.273. The van der Waals surface area contributed by atoms with Crippen LogP contribution in [0.15, 0.2) is 24.7 Å². The molecule has 0 fully saturated rings. The molecule has 17 heavy (non-hydrogen) atoms. The van der Waals surface area contributed by atoms with Crippen LogP contribution >= 0.6 is 23.2 Å². The van der Waals surface area contributed by atoms with Crippen molar-refractivity contribution < 1.29 is 5.11 Å². The van der Waals surface area contributed by atoms with E-state index < -0.39 is 6.10 Å². The number of pyridine rings is 1. The van der Waals surface area contributed by atoms with Crippen molar-refractivity contribution in [3.63, 3.8) is 0 Å². The number of aromatic nitrogens is 3. The van der Waals surface area contributed by atoms with E-state index in [1.165, 1.54) is 6.20 Å². The summed E-state index contributed by atoms with van der Waals surface area (Å²) in [5.74, 6) is 0. The first-order chi connectivity index (χ1) is 8.11. The van der Waals surface area contributed by atoms with Gasteiger partial charge in [0, 0.05) is 24.5 Å². The second-order valence-corrected chi connectivity index (χ2v) is 4.40. The molecule has 0 saturated carbocycles. The Balaban J connectivity index is 2.33. The number of aryl methyl sites for hydroxylation is 1. The van der Waals surface area contributed by atoms with Crippen LogP contribution in [0.4, 0.5) is 0 Å². The van der Waals surface area contributed by atoms with Gasteiger partial charge in [-0.3, -0.25) is 9.67 Å². The average Bonchev–Trinajstić information content (AvgIpc) is 2.76. The number of nitrogens with zero attached hydrogens (tertiary/aromatic N) is 3. The summed E-state index contributed by atoms with van der Waals surface area (Å²) in [6.07, 6.45) is 3.92. The summed E-state index contributed by atoms with van der Waals surface area (Å²) in [6, 6.07) is 1.55. The highest BCUT2D eigenvalue weighted by Crippen LogP contribution is 2.27.